The molecule has 0 aliphatic rings. The number of nitrogens with zero attached hydrogens (tertiary/aromatic N) is 3. The highest BCUT2D eigenvalue weighted by Crippen LogP contribution is 2.35. The lowest BCUT2D eigenvalue weighted by Gasteiger charge is -2.11. The normalized spacial score (nSPS) is 11.5. The highest BCUT2D eigenvalue weighted by Gasteiger charge is 2.16. The molecule has 0 aliphatic heterocycles. The van der Waals surface area contributed by atoms with Crippen molar-refractivity contribution in [1.82, 2.24) is 24.7 Å². The van der Waals surface area contributed by atoms with Crippen LogP contribution >= 0.6 is 0 Å². The standard InChI is InChI=1S/C19H15N5/c1-12-10-24(11-21-12)19-14-8-9-20-16(14)7-6-15(19)18-13-4-2-3-5-17(13)22-23-18/h2-11,20H,1H3,(H,22,23). The van der Waals surface area contributed by atoms with Gasteiger partial charge in [-0.15, -0.1) is 0 Å². The maximum atomic E-state index is 4.58. The van der Waals surface area contributed by atoms with Crippen LogP contribution in [0.4, 0.5) is 0 Å². The fourth-order valence-electron chi connectivity index (χ4n) is 3.30. The van der Waals surface area contributed by atoms with Crippen molar-refractivity contribution in [3.8, 4) is 16.9 Å². The maximum Gasteiger partial charge on any atom is 0.102 e. The van der Waals surface area contributed by atoms with Crippen LogP contribution in [0.5, 0.6) is 0 Å². The van der Waals surface area contributed by atoms with Crippen molar-refractivity contribution >= 4 is 21.8 Å². The predicted octanol–water partition coefficient (Wildman–Crippen LogP) is 4.21. The molecule has 0 saturated heterocycles. The molecule has 3 heterocycles. The van der Waals surface area contributed by atoms with Gasteiger partial charge in [0.2, 0.25) is 0 Å². The van der Waals surface area contributed by atoms with E-state index in [1.54, 1.807) is 0 Å². The second-order valence-corrected chi connectivity index (χ2v) is 5.94. The van der Waals surface area contributed by atoms with E-state index < -0.39 is 0 Å². The first-order chi connectivity index (χ1) is 11.8. The third-order valence-electron chi connectivity index (χ3n) is 4.40. The van der Waals surface area contributed by atoms with Crippen molar-refractivity contribution in [1.29, 1.82) is 0 Å². The van der Waals surface area contributed by atoms with E-state index in [0.29, 0.717) is 0 Å². The molecule has 0 aliphatic carbocycles. The molecular formula is C19H15N5. The van der Waals surface area contributed by atoms with Crippen LogP contribution in [-0.4, -0.2) is 24.7 Å². The Labute approximate surface area is 138 Å². The lowest BCUT2D eigenvalue weighted by Crippen LogP contribution is -1.96. The van der Waals surface area contributed by atoms with Crippen LogP contribution in [0.15, 0.2) is 61.2 Å². The number of imidazole rings is 1. The summed E-state index contributed by atoms with van der Waals surface area (Å²) in [6, 6.07) is 14.5. The molecule has 0 radical (unpaired) electrons. The van der Waals surface area contributed by atoms with Crippen molar-refractivity contribution in [2.75, 3.05) is 0 Å². The number of aromatic amines is 2. The molecule has 5 aromatic rings. The van der Waals surface area contributed by atoms with Gasteiger partial charge in [0.15, 0.2) is 0 Å². The number of para-hydroxylation sites is 1. The molecule has 5 rings (SSSR count). The largest absolute Gasteiger partial charge is 0.361 e. The first kappa shape index (κ1) is 13.1. The quantitative estimate of drug-likeness (QED) is 0.513. The van der Waals surface area contributed by atoms with Crippen LogP contribution in [0.25, 0.3) is 38.8 Å². The summed E-state index contributed by atoms with van der Waals surface area (Å²) in [5.74, 6) is 0. The van der Waals surface area contributed by atoms with Gasteiger partial charge in [0.05, 0.1) is 23.2 Å². The molecular weight excluding hydrogens is 298 g/mol. The number of H-pyrrole nitrogens is 2. The second-order valence-electron chi connectivity index (χ2n) is 5.94. The topological polar surface area (TPSA) is 62.3 Å². The van der Waals surface area contributed by atoms with Gasteiger partial charge in [0.1, 0.15) is 5.69 Å². The van der Waals surface area contributed by atoms with Gasteiger partial charge >= 0.3 is 0 Å². The fourth-order valence-corrected chi connectivity index (χ4v) is 3.30. The minimum atomic E-state index is 0.954. The third-order valence-corrected chi connectivity index (χ3v) is 4.40. The number of nitrogens with one attached hydrogen (secondary N) is 2. The number of hydrogen-bond donors (Lipinski definition) is 2. The molecule has 3 aromatic heterocycles. The van der Waals surface area contributed by atoms with Crippen molar-refractivity contribution in [2.45, 2.75) is 6.92 Å². The fraction of sp³-hybridized carbons (Fsp3) is 0.0526. The summed E-state index contributed by atoms with van der Waals surface area (Å²) >= 11 is 0. The molecule has 0 bridgehead atoms. The number of benzene rings is 2. The zero-order valence-electron chi connectivity index (χ0n) is 13.1. The van der Waals surface area contributed by atoms with Crippen molar-refractivity contribution in [3.63, 3.8) is 0 Å². The van der Waals surface area contributed by atoms with Gasteiger partial charge in [-0.3, -0.25) is 5.10 Å². The van der Waals surface area contributed by atoms with Crippen LogP contribution in [0, 0.1) is 6.92 Å². The summed E-state index contributed by atoms with van der Waals surface area (Å²) in [7, 11) is 0. The molecule has 0 spiro atoms. The number of fused-ring (bicyclic) bond motifs is 2. The van der Waals surface area contributed by atoms with E-state index in [0.717, 1.165) is 44.4 Å². The van der Waals surface area contributed by atoms with Gasteiger partial charge in [0.25, 0.3) is 0 Å². The highest BCUT2D eigenvalue weighted by atomic mass is 15.1. The Morgan fingerprint density at radius 2 is 1.88 bits per heavy atom. The van der Waals surface area contributed by atoms with Gasteiger partial charge < -0.3 is 9.55 Å². The van der Waals surface area contributed by atoms with E-state index in [9.17, 15) is 0 Å². The van der Waals surface area contributed by atoms with Crippen LogP contribution in [0.2, 0.25) is 0 Å². The monoisotopic (exact) mass is 313 g/mol. The summed E-state index contributed by atoms with van der Waals surface area (Å²) in [5, 5.41) is 9.98. The summed E-state index contributed by atoms with van der Waals surface area (Å²) < 4.78 is 2.07. The number of hydrogen-bond acceptors (Lipinski definition) is 2. The first-order valence-electron chi connectivity index (χ1n) is 7.86. The Kier molecular flexibility index (Phi) is 2.64. The highest BCUT2D eigenvalue weighted by molar-refractivity contribution is 6.01. The Balaban J connectivity index is 1.89. The first-order valence-corrected chi connectivity index (χ1v) is 7.86. The Hall–Kier alpha value is -3.34. The van der Waals surface area contributed by atoms with E-state index in [2.05, 4.69) is 49.0 Å². The van der Waals surface area contributed by atoms with Crippen LogP contribution in [0.1, 0.15) is 5.69 Å². The van der Waals surface area contributed by atoms with Gasteiger partial charge in [0, 0.05) is 34.2 Å². The average molecular weight is 313 g/mol. The summed E-state index contributed by atoms with van der Waals surface area (Å²) in [6.45, 7) is 2.00. The molecule has 0 amide bonds. The zero-order chi connectivity index (χ0) is 16.1. The van der Waals surface area contributed by atoms with Gasteiger partial charge in [-0.25, -0.2) is 4.98 Å². The van der Waals surface area contributed by atoms with Crippen LogP contribution < -0.4 is 0 Å². The third kappa shape index (κ3) is 1.81. The van der Waals surface area contributed by atoms with Crippen molar-refractivity contribution < 1.29 is 0 Å². The Bertz CT molecular complexity index is 1170. The molecule has 0 atom stereocenters. The lowest BCUT2D eigenvalue weighted by molar-refractivity contribution is 1.06. The predicted molar refractivity (Wildman–Crippen MR) is 95.2 cm³/mol. The SMILES string of the molecule is Cc1cn(-c2c(-c3n[nH]c4ccccc34)ccc3[nH]ccc23)cn1. The number of aromatic nitrogens is 5. The molecule has 5 heteroatoms. The van der Waals surface area contributed by atoms with Crippen LogP contribution in [-0.2, 0) is 0 Å². The molecule has 0 unspecified atom stereocenters. The van der Waals surface area contributed by atoms with Crippen molar-refractivity contribution in [2.24, 2.45) is 0 Å². The van der Waals surface area contributed by atoms with Gasteiger partial charge in [-0.05, 0) is 31.2 Å². The number of aryl methyl sites for hydroxylation is 1. The van der Waals surface area contributed by atoms with E-state index in [1.165, 1.54) is 0 Å². The van der Waals surface area contributed by atoms with E-state index in [1.807, 2.05) is 43.8 Å². The van der Waals surface area contributed by atoms with Gasteiger partial charge in [-0.1, -0.05) is 18.2 Å². The maximum absolute atomic E-state index is 4.58. The Morgan fingerprint density at radius 3 is 2.75 bits per heavy atom. The second kappa shape index (κ2) is 4.83. The molecule has 0 saturated carbocycles. The molecule has 24 heavy (non-hydrogen) atoms. The average Bonchev–Trinajstić information content (AvgIpc) is 3.32. The number of rotatable bonds is 2. The molecule has 2 aromatic carbocycles. The zero-order valence-corrected chi connectivity index (χ0v) is 13.1. The molecule has 116 valence electrons. The molecule has 2 N–H and O–H groups in total. The Morgan fingerprint density at radius 1 is 0.958 bits per heavy atom. The smallest absolute Gasteiger partial charge is 0.102 e. The summed E-state index contributed by atoms with van der Waals surface area (Å²) in [5.41, 5.74) is 6.24. The summed E-state index contributed by atoms with van der Waals surface area (Å²) in [4.78, 5) is 7.68. The summed E-state index contributed by atoms with van der Waals surface area (Å²) in [6.07, 6.45) is 5.86. The van der Waals surface area contributed by atoms with Gasteiger partial charge in [-0.2, -0.15) is 5.10 Å². The minimum Gasteiger partial charge on any atom is -0.361 e. The molecule has 5 nitrogen and oxygen atoms in total. The van der Waals surface area contributed by atoms with E-state index in [-0.39, 0.29) is 0 Å². The van der Waals surface area contributed by atoms with E-state index in [4.69, 9.17) is 0 Å². The van der Waals surface area contributed by atoms with E-state index >= 15 is 0 Å². The van der Waals surface area contributed by atoms with Crippen LogP contribution in [0.3, 0.4) is 0 Å². The molecule has 0 fully saturated rings. The van der Waals surface area contributed by atoms with Crippen molar-refractivity contribution in [3.05, 3.63) is 66.9 Å². The minimum absolute atomic E-state index is 0.954. The lowest BCUT2D eigenvalue weighted by atomic mass is 10.0.